The molecule has 0 saturated carbocycles. The number of amides is 1. The molecule has 0 radical (unpaired) electrons. The number of aliphatic carboxylic acids is 1. The van der Waals surface area contributed by atoms with Crippen LogP contribution in [0, 0.1) is 0 Å². The van der Waals surface area contributed by atoms with Gasteiger partial charge in [-0.25, -0.2) is 8.42 Å². The third-order valence-electron chi connectivity index (χ3n) is 2.68. The highest BCUT2D eigenvalue weighted by Gasteiger charge is 2.29. The van der Waals surface area contributed by atoms with Crippen LogP contribution in [-0.4, -0.2) is 49.6 Å². The van der Waals surface area contributed by atoms with Crippen LogP contribution in [0.15, 0.2) is 18.2 Å². The molecule has 0 aliphatic heterocycles. The lowest BCUT2D eigenvalue weighted by atomic mass is 10.1. The van der Waals surface area contributed by atoms with Crippen molar-refractivity contribution in [2.75, 3.05) is 18.8 Å². The molecule has 1 amide bonds. The summed E-state index contributed by atoms with van der Waals surface area (Å²) in [6, 6.07) is 4.06. The van der Waals surface area contributed by atoms with Crippen molar-refractivity contribution < 1.29 is 23.1 Å². The van der Waals surface area contributed by atoms with Crippen molar-refractivity contribution in [2.45, 2.75) is 12.2 Å². The summed E-state index contributed by atoms with van der Waals surface area (Å²) < 4.78 is 26.0. The molecule has 1 aromatic rings. The van der Waals surface area contributed by atoms with Gasteiger partial charge in [-0.3, -0.25) is 14.3 Å². The zero-order valence-corrected chi connectivity index (χ0v) is 13.2. The molecule has 0 aliphatic rings. The van der Waals surface area contributed by atoms with Gasteiger partial charge in [0, 0.05) is 19.1 Å². The number of nitrogens with zero attached hydrogens (tertiary/aromatic N) is 1. The minimum absolute atomic E-state index is 0.0608. The van der Waals surface area contributed by atoms with Crippen molar-refractivity contribution in [1.29, 1.82) is 0 Å². The van der Waals surface area contributed by atoms with Crippen LogP contribution in [0.1, 0.15) is 17.3 Å². The summed E-state index contributed by atoms with van der Waals surface area (Å²) in [6.07, 6.45) is 0. The van der Waals surface area contributed by atoms with E-state index in [0.717, 1.165) is 6.92 Å². The summed E-state index contributed by atoms with van der Waals surface area (Å²) in [5, 5.41) is 7.34. The number of hydrogen-bond donors (Lipinski definition) is 2. The van der Waals surface area contributed by atoms with Gasteiger partial charge in [-0.15, -0.1) is 0 Å². The molecule has 1 rings (SSSR count). The second kappa shape index (κ2) is 6.31. The number of benzene rings is 1. The van der Waals surface area contributed by atoms with E-state index in [1.165, 1.54) is 37.2 Å². The number of carboxylic acid groups (broad SMARTS) is 1. The van der Waals surface area contributed by atoms with Gasteiger partial charge in [0.15, 0.2) is 5.25 Å². The van der Waals surface area contributed by atoms with Gasteiger partial charge in [0.25, 0.3) is 5.91 Å². The number of halogens is 1. The Labute approximate surface area is 127 Å². The predicted molar refractivity (Wildman–Crippen MR) is 79.1 cm³/mol. The number of carbonyl (C=O) groups excluding carboxylic acids is 1. The van der Waals surface area contributed by atoms with E-state index in [1.807, 2.05) is 0 Å². The first kappa shape index (κ1) is 17.3. The van der Waals surface area contributed by atoms with Crippen molar-refractivity contribution in [3.05, 3.63) is 28.8 Å². The van der Waals surface area contributed by atoms with E-state index in [4.69, 9.17) is 16.7 Å². The summed E-state index contributed by atoms with van der Waals surface area (Å²) in [5.74, 6) is -1.93. The Hall–Kier alpha value is -1.80. The van der Waals surface area contributed by atoms with E-state index in [9.17, 15) is 18.0 Å². The Morgan fingerprint density at radius 3 is 2.38 bits per heavy atom. The zero-order chi connectivity index (χ0) is 16.4. The van der Waals surface area contributed by atoms with Gasteiger partial charge in [-0.1, -0.05) is 11.6 Å². The fraction of sp³-hybridized carbons (Fsp3) is 0.333. The zero-order valence-electron chi connectivity index (χ0n) is 11.6. The van der Waals surface area contributed by atoms with Gasteiger partial charge in [0.05, 0.1) is 11.3 Å². The Kier molecular flexibility index (Phi) is 5.19. The van der Waals surface area contributed by atoms with Crippen molar-refractivity contribution in [3.8, 4) is 0 Å². The molecule has 1 unspecified atom stereocenters. The SMILES string of the molecule is CC(C(=O)O)S(=O)(=O)Nc1cc(Cl)ccc1C(=O)N(C)C. The van der Waals surface area contributed by atoms with Crippen molar-refractivity contribution >= 4 is 39.2 Å². The van der Waals surface area contributed by atoms with Crippen LogP contribution >= 0.6 is 11.6 Å². The maximum atomic E-state index is 12.0. The molecule has 0 aromatic heterocycles. The molecule has 7 nitrogen and oxygen atoms in total. The number of carboxylic acids is 1. The predicted octanol–water partition coefficient (Wildman–Crippen LogP) is 1.26. The minimum atomic E-state index is -4.19. The summed E-state index contributed by atoms with van der Waals surface area (Å²) in [5.41, 5.74) is 0.0138. The van der Waals surface area contributed by atoms with Gasteiger partial charge in [-0.2, -0.15) is 0 Å². The number of hydrogen-bond acceptors (Lipinski definition) is 4. The van der Waals surface area contributed by atoms with Gasteiger partial charge in [0.1, 0.15) is 0 Å². The topological polar surface area (TPSA) is 104 Å². The average molecular weight is 335 g/mol. The fourth-order valence-electron chi connectivity index (χ4n) is 1.40. The maximum absolute atomic E-state index is 12.0. The lowest BCUT2D eigenvalue weighted by Gasteiger charge is -2.17. The Balaban J connectivity index is 3.28. The van der Waals surface area contributed by atoms with E-state index in [-0.39, 0.29) is 16.3 Å². The van der Waals surface area contributed by atoms with E-state index in [0.29, 0.717) is 0 Å². The quantitative estimate of drug-likeness (QED) is 0.843. The highest BCUT2D eigenvalue weighted by atomic mass is 35.5. The van der Waals surface area contributed by atoms with Crippen molar-refractivity contribution in [3.63, 3.8) is 0 Å². The first-order chi connectivity index (χ1) is 9.56. The monoisotopic (exact) mass is 334 g/mol. The largest absolute Gasteiger partial charge is 0.480 e. The molecular formula is C12H15ClN2O5S. The summed E-state index contributed by atoms with van der Waals surface area (Å²) in [4.78, 5) is 24.1. The van der Waals surface area contributed by atoms with Crippen LogP contribution in [0.5, 0.6) is 0 Å². The van der Waals surface area contributed by atoms with Crippen LogP contribution in [-0.2, 0) is 14.8 Å². The summed E-state index contributed by atoms with van der Waals surface area (Å²) in [7, 11) is -1.17. The minimum Gasteiger partial charge on any atom is -0.480 e. The number of rotatable bonds is 5. The van der Waals surface area contributed by atoms with Crippen molar-refractivity contribution in [1.82, 2.24) is 4.90 Å². The van der Waals surface area contributed by atoms with Crippen LogP contribution < -0.4 is 4.72 Å². The number of carbonyl (C=O) groups is 2. The fourth-order valence-corrected chi connectivity index (χ4v) is 2.49. The maximum Gasteiger partial charge on any atom is 0.323 e. The Morgan fingerprint density at radius 2 is 1.90 bits per heavy atom. The third kappa shape index (κ3) is 4.08. The summed E-state index contributed by atoms with van der Waals surface area (Å²) >= 11 is 5.80. The lowest BCUT2D eigenvalue weighted by Crippen LogP contribution is -2.33. The van der Waals surface area contributed by atoms with Gasteiger partial charge >= 0.3 is 5.97 Å². The molecule has 0 spiro atoms. The Bertz CT molecular complexity index is 672. The van der Waals surface area contributed by atoms with Crippen molar-refractivity contribution in [2.24, 2.45) is 0 Å². The molecule has 9 heteroatoms. The molecular weight excluding hydrogens is 320 g/mol. The smallest absolute Gasteiger partial charge is 0.323 e. The van der Waals surface area contributed by atoms with Crippen LogP contribution in [0.4, 0.5) is 5.69 Å². The normalized spacial score (nSPS) is 12.6. The molecule has 2 N–H and O–H groups in total. The average Bonchev–Trinajstić information content (AvgIpc) is 2.36. The lowest BCUT2D eigenvalue weighted by molar-refractivity contribution is -0.136. The first-order valence-corrected chi connectivity index (χ1v) is 7.74. The van der Waals surface area contributed by atoms with E-state index in [2.05, 4.69) is 4.72 Å². The molecule has 0 saturated heterocycles. The van der Waals surface area contributed by atoms with Crippen LogP contribution in [0.3, 0.4) is 0 Å². The number of sulfonamides is 1. The molecule has 0 bridgehead atoms. The first-order valence-electron chi connectivity index (χ1n) is 5.82. The number of nitrogens with one attached hydrogen (secondary N) is 1. The third-order valence-corrected chi connectivity index (χ3v) is 4.56. The van der Waals surface area contributed by atoms with Crippen LogP contribution in [0.2, 0.25) is 5.02 Å². The molecule has 0 heterocycles. The van der Waals surface area contributed by atoms with E-state index in [1.54, 1.807) is 0 Å². The standard InChI is InChI=1S/C12H15ClN2O5S/c1-7(12(17)18)21(19,20)14-10-6-8(13)4-5-9(10)11(16)15(2)3/h4-7,14H,1-3H3,(H,17,18). The second-order valence-electron chi connectivity index (χ2n) is 4.52. The highest BCUT2D eigenvalue weighted by molar-refractivity contribution is 7.94. The molecule has 116 valence electrons. The second-order valence-corrected chi connectivity index (χ2v) is 6.95. The Morgan fingerprint density at radius 1 is 1.33 bits per heavy atom. The van der Waals surface area contributed by atoms with Crippen LogP contribution in [0.25, 0.3) is 0 Å². The van der Waals surface area contributed by atoms with Gasteiger partial charge in [0.2, 0.25) is 10.0 Å². The summed E-state index contributed by atoms with van der Waals surface area (Å²) in [6.45, 7) is 1.03. The highest BCUT2D eigenvalue weighted by Crippen LogP contribution is 2.24. The molecule has 21 heavy (non-hydrogen) atoms. The van der Waals surface area contributed by atoms with E-state index >= 15 is 0 Å². The van der Waals surface area contributed by atoms with E-state index < -0.39 is 27.1 Å². The number of anilines is 1. The molecule has 1 atom stereocenters. The molecule has 0 fully saturated rings. The van der Waals surface area contributed by atoms with Gasteiger partial charge in [-0.05, 0) is 25.1 Å². The molecule has 0 aliphatic carbocycles. The van der Waals surface area contributed by atoms with Gasteiger partial charge < -0.3 is 10.0 Å². The molecule has 1 aromatic carbocycles.